The number of benzene rings is 5. The van der Waals surface area contributed by atoms with Crippen LogP contribution in [-0.4, -0.2) is 26.7 Å². The Hall–Kier alpha value is -4.97. The largest absolute Gasteiger partial charge is 0.489 e. The molecule has 0 aliphatic carbocycles. The van der Waals surface area contributed by atoms with Gasteiger partial charge in [0.25, 0.3) is 0 Å². The van der Waals surface area contributed by atoms with Gasteiger partial charge in [-0.2, -0.15) is 0 Å². The van der Waals surface area contributed by atoms with Crippen LogP contribution in [0.2, 0.25) is 0 Å². The van der Waals surface area contributed by atoms with E-state index in [2.05, 4.69) is 71.3 Å². The number of rotatable bonds is 5. The zero-order valence-electron chi connectivity index (χ0n) is 21.6. The van der Waals surface area contributed by atoms with Crippen LogP contribution >= 0.6 is 0 Å². The van der Waals surface area contributed by atoms with E-state index in [1.807, 2.05) is 66.7 Å². The van der Waals surface area contributed by atoms with Gasteiger partial charge in [-0.05, 0) is 53.0 Å². The quantitative estimate of drug-likeness (QED) is 0.246. The maximum absolute atomic E-state index is 10.1. The maximum Gasteiger partial charge on any atom is 0.489 e. The normalized spacial score (nSPS) is 11.2. The fraction of sp³-hybridized carbons (Fsp3) is 0. The number of hydrogen-bond acceptors (Lipinski definition) is 3. The van der Waals surface area contributed by atoms with E-state index in [0.717, 1.165) is 61.1 Å². The average Bonchev–Trinajstić information content (AvgIpc) is 3.36. The lowest BCUT2D eigenvalue weighted by molar-refractivity contribution is 0.426. The molecule has 0 atom stereocenters. The van der Waals surface area contributed by atoms with Crippen molar-refractivity contribution in [1.29, 1.82) is 0 Å². The molecule has 0 unspecified atom stereocenters. The lowest BCUT2D eigenvalue weighted by Gasteiger charge is -2.12. The highest BCUT2D eigenvalue weighted by Gasteiger charge is 2.20. The third-order valence-electron chi connectivity index (χ3n) is 7.43. The first-order valence-electron chi connectivity index (χ1n) is 13.3. The van der Waals surface area contributed by atoms with Crippen molar-refractivity contribution in [3.05, 3.63) is 140 Å². The number of aromatic nitrogens is 2. The van der Waals surface area contributed by atoms with Gasteiger partial charge in [0, 0.05) is 27.6 Å². The summed E-state index contributed by atoms with van der Waals surface area (Å²) in [6.45, 7) is 0. The molecule has 0 radical (unpaired) electrons. The summed E-state index contributed by atoms with van der Waals surface area (Å²) in [5.74, 6) is 0. The second-order valence-electron chi connectivity index (χ2n) is 9.87. The van der Waals surface area contributed by atoms with E-state index >= 15 is 0 Å². The molecule has 0 saturated carbocycles. The van der Waals surface area contributed by atoms with Crippen LogP contribution in [0.1, 0.15) is 0 Å². The van der Waals surface area contributed by atoms with Crippen LogP contribution in [0, 0.1) is 0 Å². The molecule has 2 aromatic heterocycles. The smallest absolute Gasteiger partial charge is 0.423 e. The molecule has 0 aliphatic rings. The van der Waals surface area contributed by atoms with Gasteiger partial charge in [-0.3, -0.25) is 0 Å². The molecular weight excluding hydrogens is 491 g/mol. The molecule has 2 N–H and O–H groups in total. The van der Waals surface area contributed by atoms with Gasteiger partial charge in [0.2, 0.25) is 0 Å². The minimum Gasteiger partial charge on any atom is -0.423 e. The van der Waals surface area contributed by atoms with Crippen molar-refractivity contribution in [2.24, 2.45) is 0 Å². The number of nitrogens with zero attached hydrogens (tertiary/aromatic N) is 2. The van der Waals surface area contributed by atoms with E-state index in [0.29, 0.717) is 5.46 Å². The minimum atomic E-state index is -1.55. The van der Waals surface area contributed by atoms with Gasteiger partial charge >= 0.3 is 7.12 Å². The Bertz CT molecular complexity index is 1910. The fourth-order valence-electron chi connectivity index (χ4n) is 5.55. The summed E-state index contributed by atoms with van der Waals surface area (Å²) in [5, 5.41) is 22.0. The third kappa shape index (κ3) is 4.18. The Labute approximate surface area is 232 Å². The highest BCUT2D eigenvalue weighted by molar-refractivity contribution is 6.63. The lowest BCUT2D eigenvalue weighted by Crippen LogP contribution is -2.30. The van der Waals surface area contributed by atoms with Crippen molar-refractivity contribution in [2.45, 2.75) is 0 Å². The maximum atomic E-state index is 10.1. The monoisotopic (exact) mass is 516 g/mol. The van der Waals surface area contributed by atoms with E-state index in [1.54, 1.807) is 6.07 Å². The lowest BCUT2D eigenvalue weighted by atomic mass is 9.77. The van der Waals surface area contributed by atoms with Crippen LogP contribution in [0.25, 0.3) is 61.1 Å². The number of para-hydroxylation sites is 1. The Kier molecular flexibility index (Phi) is 6.01. The first-order chi connectivity index (χ1) is 19.7. The fourth-order valence-corrected chi connectivity index (χ4v) is 5.55. The van der Waals surface area contributed by atoms with Crippen molar-refractivity contribution in [3.8, 4) is 39.3 Å². The summed E-state index contributed by atoms with van der Waals surface area (Å²) >= 11 is 0. The van der Waals surface area contributed by atoms with E-state index in [1.165, 1.54) is 0 Å². The highest BCUT2D eigenvalue weighted by atomic mass is 16.4. The Morgan fingerprint density at radius 3 is 1.70 bits per heavy atom. The topological polar surface area (TPSA) is 58.3 Å². The predicted octanol–water partition coefficient (Wildman–Crippen LogP) is 6.86. The molecule has 7 rings (SSSR count). The molecule has 40 heavy (non-hydrogen) atoms. The molecule has 5 heteroatoms. The average molecular weight is 516 g/mol. The Morgan fingerprint density at radius 2 is 1.07 bits per heavy atom. The third-order valence-corrected chi connectivity index (χ3v) is 7.43. The Balaban J connectivity index is 1.37. The molecule has 0 saturated heterocycles. The van der Waals surface area contributed by atoms with Gasteiger partial charge in [-0.25, -0.2) is 4.98 Å². The highest BCUT2D eigenvalue weighted by Crippen LogP contribution is 2.34. The first-order valence-corrected chi connectivity index (χ1v) is 13.3. The van der Waals surface area contributed by atoms with E-state index in [-0.39, 0.29) is 0 Å². The van der Waals surface area contributed by atoms with Crippen molar-refractivity contribution in [1.82, 2.24) is 9.55 Å². The summed E-state index contributed by atoms with van der Waals surface area (Å²) in [5.41, 5.74) is 9.64. The molecule has 190 valence electrons. The van der Waals surface area contributed by atoms with E-state index < -0.39 is 7.12 Å². The van der Waals surface area contributed by atoms with Crippen molar-refractivity contribution < 1.29 is 10.0 Å². The van der Waals surface area contributed by atoms with Crippen molar-refractivity contribution >= 4 is 34.4 Å². The molecule has 0 spiro atoms. The van der Waals surface area contributed by atoms with Crippen molar-refractivity contribution in [2.75, 3.05) is 0 Å². The van der Waals surface area contributed by atoms with Crippen LogP contribution in [0.5, 0.6) is 0 Å². The van der Waals surface area contributed by atoms with E-state index in [4.69, 9.17) is 4.98 Å². The summed E-state index contributed by atoms with van der Waals surface area (Å²) < 4.78 is 2.18. The van der Waals surface area contributed by atoms with Gasteiger partial charge in [-0.1, -0.05) is 103 Å². The molecule has 0 fully saturated rings. The summed E-state index contributed by atoms with van der Waals surface area (Å²) in [7, 11) is -1.55. The molecule has 7 aromatic rings. The SMILES string of the molecule is OB(O)c1cccc2c1c1ccccc1n2-c1ccc(-c2cc(-c3ccccc3)nc(-c3ccccc3)c2)cc1. The zero-order chi connectivity index (χ0) is 27.1. The first kappa shape index (κ1) is 24.1. The summed E-state index contributed by atoms with van der Waals surface area (Å²) in [6, 6.07) is 47.1. The zero-order valence-corrected chi connectivity index (χ0v) is 21.6. The second-order valence-corrected chi connectivity index (χ2v) is 9.87. The van der Waals surface area contributed by atoms with Gasteiger partial charge in [0.05, 0.1) is 22.4 Å². The molecule has 0 bridgehead atoms. The molecular formula is C35H25BN2O2. The predicted molar refractivity (Wildman–Crippen MR) is 165 cm³/mol. The van der Waals surface area contributed by atoms with Gasteiger partial charge in [-0.15, -0.1) is 0 Å². The van der Waals surface area contributed by atoms with E-state index in [9.17, 15) is 10.0 Å². The summed E-state index contributed by atoms with van der Waals surface area (Å²) in [6.07, 6.45) is 0. The summed E-state index contributed by atoms with van der Waals surface area (Å²) in [4.78, 5) is 5.00. The number of fused-ring (bicyclic) bond motifs is 3. The molecule has 0 aliphatic heterocycles. The van der Waals surface area contributed by atoms with Crippen LogP contribution in [0.15, 0.2) is 140 Å². The van der Waals surface area contributed by atoms with Crippen molar-refractivity contribution in [3.63, 3.8) is 0 Å². The molecule has 5 aromatic carbocycles. The molecule has 2 heterocycles. The second kappa shape index (κ2) is 9.97. The van der Waals surface area contributed by atoms with Gasteiger partial charge < -0.3 is 14.6 Å². The van der Waals surface area contributed by atoms with Crippen LogP contribution < -0.4 is 5.46 Å². The molecule has 4 nitrogen and oxygen atoms in total. The molecule has 0 amide bonds. The van der Waals surface area contributed by atoms with Gasteiger partial charge in [0.15, 0.2) is 0 Å². The minimum absolute atomic E-state index is 0.503. The number of hydrogen-bond donors (Lipinski definition) is 2. The van der Waals surface area contributed by atoms with Crippen LogP contribution in [0.4, 0.5) is 0 Å². The Morgan fingerprint density at radius 1 is 0.500 bits per heavy atom. The van der Waals surface area contributed by atoms with Gasteiger partial charge in [0.1, 0.15) is 0 Å². The van der Waals surface area contributed by atoms with Crippen LogP contribution in [0.3, 0.4) is 0 Å². The standard InChI is InChI=1S/C35H25BN2O2/c39-36(40)30-15-9-17-34-35(30)29-14-7-8-16-33(29)38(34)28-20-18-24(19-21-28)27-22-31(25-10-3-1-4-11-25)37-32(23-27)26-12-5-2-6-13-26/h1-23,39-40H. The number of pyridine rings is 1. The van der Waals surface area contributed by atoms with Crippen LogP contribution in [-0.2, 0) is 0 Å².